The number of fused-ring (bicyclic) bond motifs is 1. The van der Waals surface area contributed by atoms with Gasteiger partial charge in [0.1, 0.15) is 29.3 Å². The van der Waals surface area contributed by atoms with Gasteiger partial charge < -0.3 is 15.0 Å². The molecule has 0 spiro atoms. The van der Waals surface area contributed by atoms with Crippen molar-refractivity contribution in [2.75, 3.05) is 41.9 Å². The van der Waals surface area contributed by atoms with Crippen LogP contribution in [-0.4, -0.2) is 56.0 Å². The summed E-state index contributed by atoms with van der Waals surface area (Å²) in [5.74, 6) is 1.34. The van der Waals surface area contributed by atoms with Crippen molar-refractivity contribution in [3.05, 3.63) is 41.0 Å². The molecule has 0 aliphatic carbocycles. The summed E-state index contributed by atoms with van der Waals surface area (Å²) in [4.78, 5) is 26.4. The summed E-state index contributed by atoms with van der Waals surface area (Å²) in [7, 11) is -3.08. The third kappa shape index (κ3) is 5.62. The van der Waals surface area contributed by atoms with E-state index in [0.29, 0.717) is 11.4 Å². The number of hydrogen-bond acceptors (Lipinski definition) is 8. The maximum atomic E-state index is 12.9. The molecular weight excluding hydrogens is 460 g/mol. The first-order valence-electron chi connectivity index (χ1n) is 10.9. The predicted molar refractivity (Wildman–Crippen MR) is 132 cm³/mol. The van der Waals surface area contributed by atoms with Crippen LogP contribution in [0.3, 0.4) is 0 Å². The Morgan fingerprint density at radius 3 is 2.73 bits per heavy atom. The molecule has 1 aliphatic heterocycles. The highest BCUT2D eigenvalue weighted by Gasteiger charge is 2.27. The molecule has 1 amide bonds. The highest BCUT2D eigenvalue weighted by molar-refractivity contribution is 7.90. The molecule has 1 N–H and O–H groups in total. The molecule has 0 atom stereocenters. The van der Waals surface area contributed by atoms with Crippen molar-refractivity contribution in [1.82, 2.24) is 9.97 Å². The van der Waals surface area contributed by atoms with Gasteiger partial charge in [-0.25, -0.2) is 18.4 Å². The van der Waals surface area contributed by atoms with Crippen LogP contribution in [0.4, 0.5) is 11.5 Å². The molecule has 1 aliphatic rings. The van der Waals surface area contributed by atoms with E-state index in [1.807, 2.05) is 0 Å². The van der Waals surface area contributed by atoms with Gasteiger partial charge in [0, 0.05) is 41.9 Å². The van der Waals surface area contributed by atoms with Crippen LogP contribution >= 0.6 is 11.3 Å². The normalized spacial score (nSPS) is 15.1. The third-order valence-electron chi connectivity index (χ3n) is 5.94. The van der Waals surface area contributed by atoms with Crippen LogP contribution in [0.1, 0.15) is 23.3 Å². The highest BCUT2D eigenvalue weighted by atomic mass is 32.2. The zero-order valence-corrected chi connectivity index (χ0v) is 20.6. The van der Waals surface area contributed by atoms with Crippen LogP contribution in [0.15, 0.2) is 30.6 Å². The molecule has 10 heteroatoms. The average Bonchev–Trinajstić information content (AvgIpc) is 3.07. The fourth-order valence-corrected chi connectivity index (χ4v) is 5.35. The van der Waals surface area contributed by atoms with Gasteiger partial charge in [0.25, 0.3) is 0 Å². The zero-order valence-electron chi connectivity index (χ0n) is 19.0. The molecule has 0 saturated carbocycles. The minimum Gasteiger partial charge on any atom is -0.492 e. The Kier molecular flexibility index (Phi) is 6.85. The van der Waals surface area contributed by atoms with E-state index in [9.17, 15) is 13.2 Å². The van der Waals surface area contributed by atoms with Crippen molar-refractivity contribution < 1.29 is 17.9 Å². The highest BCUT2D eigenvalue weighted by Crippen LogP contribution is 2.35. The van der Waals surface area contributed by atoms with Gasteiger partial charge >= 0.3 is 0 Å². The van der Waals surface area contributed by atoms with E-state index in [4.69, 9.17) is 4.74 Å². The second-order valence-corrected chi connectivity index (χ2v) is 11.9. The van der Waals surface area contributed by atoms with Crippen molar-refractivity contribution in [3.8, 4) is 5.75 Å². The Labute approximate surface area is 197 Å². The first-order chi connectivity index (χ1) is 15.7. The second-order valence-electron chi connectivity index (χ2n) is 8.42. The number of carbonyl (C=O) groups excluding carboxylic acids is 1. The summed E-state index contributed by atoms with van der Waals surface area (Å²) < 4.78 is 28.0. The van der Waals surface area contributed by atoms with Crippen LogP contribution in [0.5, 0.6) is 5.75 Å². The minimum atomic E-state index is -3.08. The van der Waals surface area contributed by atoms with Gasteiger partial charge in [-0.3, -0.25) is 4.79 Å². The van der Waals surface area contributed by atoms with E-state index in [0.717, 1.165) is 42.0 Å². The quantitative estimate of drug-likeness (QED) is 0.542. The van der Waals surface area contributed by atoms with Crippen LogP contribution in [0.25, 0.3) is 10.2 Å². The number of piperidine rings is 1. The molecule has 0 radical (unpaired) electrons. The molecule has 2 aromatic heterocycles. The number of rotatable bonds is 7. The number of hydrogen-bond donors (Lipinski definition) is 1. The Bertz CT molecular complexity index is 1260. The smallest absolute Gasteiger partial charge is 0.227 e. The summed E-state index contributed by atoms with van der Waals surface area (Å²) in [6.45, 7) is 5.81. The lowest BCUT2D eigenvalue weighted by Crippen LogP contribution is -2.38. The molecule has 176 valence electrons. The molecule has 8 nitrogen and oxygen atoms in total. The van der Waals surface area contributed by atoms with Crippen molar-refractivity contribution in [2.45, 2.75) is 26.7 Å². The van der Waals surface area contributed by atoms with Crippen molar-refractivity contribution in [3.63, 3.8) is 0 Å². The number of aromatic nitrogens is 2. The Morgan fingerprint density at radius 1 is 1.24 bits per heavy atom. The number of aryl methyl sites for hydroxylation is 2. The van der Waals surface area contributed by atoms with Gasteiger partial charge in [-0.2, -0.15) is 0 Å². The van der Waals surface area contributed by atoms with Crippen molar-refractivity contribution >= 4 is 48.8 Å². The van der Waals surface area contributed by atoms with Crippen molar-refractivity contribution in [1.29, 1.82) is 0 Å². The Hall–Kier alpha value is -2.72. The number of benzene rings is 1. The lowest BCUT2D eigenvalue weighted by atomic mass is 9.95. The summed E-state index contributed by atoms with van der Waals surface area (Å²) >= 11 is 1.69. The first kappa shape index (κ1) is 23.4. The second kappa shape index (κ2) is 9.64. The van der Waals surface area contributed by atoms with Crippen LogP contribution in [0, 0.1) is 19.8 Å². The summed E-state index contributed by atoms with van der Waals surface area (Å²) in [5.41, 5.74) is 1.87. The average molecular weight is 489 g/mol. The van der Waals surface area contributed by atoms with Gasteiger partial charge in [0.15, 0.2) is 9.84 Å². The fraction of sp³-hybridized carbons (Fsp3) is 0.435. The summed E-state index contributed by atoms with van der Waals surface area (Å²) in [6, 6.07) is 7.04. The number of nitrogens with zero attached hydrogens (tertiary/aromatic N) is 3. The van der Waals surface area contributed by atoms with E-state index < -0.39 is 9.84 Å². The number of thiophene rings is 1. The van der Waals surface area contributed by atoms with E-state index in [2.05, 4.69) is 34.0 Å². The Balaban J connectivity index is 1.35. The minimum absolute atomic E-state index is 0.0154. The van der Waals surface area contributed by atoms with E-state index >= 15 is 0 Å². The van der Waals surface area contributed by atoms with E-state index in [1.165, 1.54) is 16.7 Å². The fourth-order valence-electron chi connectivity index (χ4n) is 3.98. The van der Waals surface area contributed by atoms with Crippen LogP contribution in [-0.2, 0) is 14.6 Å². The predicted octanol–water partition coefficient (Wildman–Crippen LogP) is 3.59. The van der Waals surface area contributed by atoms with Gasteiger partial charge in [-0.1, -0.05) is 6.07 Å². The first-order valence-corrected chi connectivity index (χ1v) is 13.8. The number of anilines is 2. The van der Waals surface area contributed by atoms with Crippen molar-refractivity contribution in [2.24, 2.45) is 5.92 Å². The molecule has 1 aromatic carbocycles. The molecule has 3 heterocycles. The van der Waals surface area contributed by atoms with Crippen LogP contribution in [0.2, 0.25) is 0 Å². The molecule has 4 rings (SSSR count). The number of amides is 1. The summed E-state index contributed by atoms with van der Waals surface area (Å²) in [5, 5.41) is 4.10. The molecule has 1 saturated heterocycles. The van der Waals surface area contributed by atoms with Gasteiger partial charge in [0.05, 0.1) is 11.1 Å². The molecule has 3 aromatic rings. The lowest BCUT2D eigenvalue weighted by molar-refractivity contribution is -0.120. The largest absolute Gasteiger partial charge is 0.492 e. The SMILES string of the molecule is Cc1sc2ncnc(N3CCC(C(=O)Nc4cccc(OCCS(C)(=O)=O)c4)CC3)c2c1C. The topological polar surface area (TPSA) is 101 Å². The summed E-state index contributed by atoms with van der Waals surface area (Å²) in [6.07, 6.45) is 4.28. The number of nitrogens with one attached hydrogen (secondary N) is 1. The molecule has 0 bridgehead atoms. The number of sulfone groups is 1. The Morgan fingerprint density at radius 2 is 2.00 bits per heavy atom. The third-order valence-corrected chi connectivity index (χ3v) is 7.96. The maximum absolute atomic E-state index is 12.9. The van der Waals surface area contributed by atoms with Gasteiger partial charge in [-0.15, -0.1) is 11.3 Å². The van der Waals surface area contributed by atoms with Gasteiger partial charge in [-0.05, 0) is 44.4 Å². The molecule has 33 heavy (non-hydrogen) atoms. The number of ether oxygens (including phenoxy) is 1. The van der Waals surface area contributed by atoms with E-state index in [-0.39, 0.29) is 24.2 Å². The standard InChI is InChI=1S/C23H28N4O4S2/c1-15-16(2)32-23-20(15)21(24-14-25-23)27-9-7-17(8-10-27)22(28)26-18-5-4-6-19(13-18)31-11-12-33(3,29)30/h4-6,13-14,17H,7-12H2,1-3H3,(H,26,28). The molecular formula is C23H28N4O4S2. The van der Waals surface area contributed by atoms with Crippen LogP contribution < -0.4 is 15.0 Å². The molecule has 1 fully saturated rings. The monoisotopic (exact) mass is 488 g/mol. The number of carbonyl (C=O) groups is 1. The van der Waals surface area contributed by atoms with E-state index in [1.54, 1.807) is 41.9 Å². The molecule has 0 unspecified atom stereocenters. The van der Waals surface area contributed by atoms with Gasteiger partial charge in [0.2, 0.25) is 5.91 Å². The lowest BCUT2D eigenvalue weighted by Gasteiger charge is -2.32. The maximum Gasteiger partial charge on any atom is 0.227 e. The zero-order chi connectivity index (χ0) is 23.6.